The predicted molar refractivity (Wildman–Crippen MR) is 109 cm³/mol. The van der Waals surface area contributed by atoms with Crippen molar-refractivity contribution in [2.45, 2.75) is 36.3 Å². The van der Waals surface area contributed by atoms with E-state index >= 15 is 0 Å². The van der Waals surface area contributed by atoms with Gasteiger partial charge in [-0.1, -0.05) is 25.0 Å². The molecule has 8 heteroatoms. The number of thiocarbonyl (C=S) groups is 1. The van der Waals surface area contributed by atoms with Crippen molar-refractivity contribution in [1.29, 1.82) is 0 Å². The van der Waals surface area contributed by atoms with Crippen molar-refractivity contribution in [2.24, 2.45) is 0 Å². The Bertz CT molecular complexity index is 585. The Kier molecular flexibility index (Phi) is 7.12. The third kappa shape index (κ3) is 5.97. The van der Waals surface area contributed by atoms with Gasteiger partial charge in [0.15, 0.2) is 11.7 Å². The zero-order chi connectivity index (χ0) is 17.5. The van der Waals surface area contributed by atoms with Gasteiger partial charge < -0.3 is 10.1 Å². The highest BCUT2D eigenvalue weighted by molar-refractivity contribution is 8.19. The molecule has 1 aromatic carbocycles. The number of carbonyl (C=O) groups excluding carboxylic acids is 1. The molecule has 2 aliphatic rings. The van der Waals surface area contributed by atoms with Gasteiger partial charge >= 0.3 is 0 Å². The number of thioether (sulfide) groups is 2. The summed E-state index contributed by atoms with van der Waals surface area (Å²) in [4.78, 5) is 11.8. The van der Waals surface area contributed by atoms with Gasteiger partial charge in [0.25, 0.3) is 5.91 Å². The molecule has 1 aromatic rings. The van der Waals surface area contributed by atoms with Crippen molar-refractivity contribution in [3.05, 3.63) is 29.8 Å². The number of nitrogens with one attached hydrogen (secondary N) is 3. The van der Waals surface area contributed by atoms with E-state index in [1.807, 2.05) is 35.7 Å². The molecule has 0 atom stereocenters. The molecule has 1 amide bonds. The van der Waals surface area contributed by atoms with Gasteiger partial charge in [0.05, 0.1) is 4.58 Å². The molecule has 0 spiro atoms. The van der Waals surface area contributed by atoms with Gasteiger partial charge in [0.2, 0.25) is 0 Å². The summed E-state index contributed by atoms with van der Waals surface area (Å²) in [6, 6.07) is 8.40. The van der Waals surface area contributed by atoms with E-state index in [9.17, 15) is 4.79 Å². The number of hydrogen-bond acceptors (Lipinski definition) is 5. The van der Waals surface area contributed by atoms with Crippen LogP contribution in [0.3, 0.4) is 0 Å². The first-order valence-electron chi connectivity index (χ1n) is 8.52. The maximum atomic E-state index is 11.8. The lowest BCUT2D eigenvalue weighted by Crippen LogP contribution is -2.50. The van der Waals surface area contributed by atoms with Gasteiger partial charge in [-0.05, 0) is 42.8 Å². The minimum atomic E-state index is -0.262. The van der Waals surface area contributed by atoms with Gasteiger partial charge in [-0.25, -0.2) is 0 Å². The van der Waals surface area contributed by atoms with Crippen LogP contribution in [0.15, 0.2) is 24.3 Å². The molecule has 136 valence electrons. The summed E-state index contributed by atoms with van der Waals surface area (Å²) in [5, 5.41) is 3.66. The summed E-state index contributed by atoms with van der Waals surface area (Å²) in [5.74, 6) is 2.84. The second kappa shape index (κ2) is 9.54. The number of ether oxygens (including phenoxy) is 1. The van der Waals surface area contributed by atoms with Crippen LogP contribution >= 0.6 is 35.7 Å². The molecule has 1 heterocycles. The standard InChI is InChI=1S/C17H23N3O2S3/c21-15(19-20-17(23)18-13-3-1-2-4-13)11-22-14-7-5-12(6-8-14)16-24-9-10-25-16/h5-8,13,16H,1-4,9-11H2,(H,19,21)(H2,18,20,23). The molecule has 1 saturated carbocycles. The SMILES string of the molecule is O=C(COc1ccc(C2SCCS2)cc1)NNC(=S)NC1CCCC1. The first-order valence-corrected chi connectivity index (χ1v) is 11.0. The molecule has 0 bridgehead atoms. The van der Waals surface area contributed by atoms with Gasteiger partial charge in [0, 0.05) is 17.5 Å². The van der Waals surface area contributed by atoms with E-state index in [1.165, 1.54) is 29.9 Å². The summed E-state index contributed by atoms with van der Waals surface area (Å²) in [5.41, 5.74) is 6.59. The predicted octanol–water partition coefficient (Wildman–Crippen LogP) is 2.98. The molecule has 0 aromatic heterocycles. The lowest BCUT2D eigenvalue weighted by atomic mass is 10.2. The first-order chi connectivity index (χ1) is 12.2. The highest BCUT2D eigenvalue weighted by Crippen LogP contribution is 2.45. The lowest BCUT2D eigenvalue weighted by molar-refractivity contribution is -0.123. The fraction of sp³-hybridized carbons (Fsp3) is 0.529. The molecule has 0 unspecified atom stereocenters. The first kappa shape index (κ1) is 18.7. The minimum Gasteiger partial charge on any atom is -0.484 e. The molecule has 0 radical (unpaired) electrons. The second-order valence-corrected chi connectivity index (χ2v) is 9.19. The maximum absolute atomic E-state index is 11.8. The smallest absolute Gasteiger partial charge is 0.276 e. The molecule has 5 nitrogen and oxygen atoms in total. The van der Waals surface area contributed by atoms with Crippen LogP contribution in [0, 0.1) is 0 Å². The molecular weight excluding hydrogens is 374 g/mol. The number of rotatable bonds is 5. The largest absolute Gasteiger partial charge is 0.484 e. The fourth-order valence-corrected chi connectivity index (χ4v) is 5.95. The topological polar surface area (TPSA) is 62.4 Å². The van der Waals surface area contributed by atoms with E-state index in [4.69, 9.17) is 17.0 Å². The fourth-order valence-electron chi connectivity index (χ4n) is 2.88. The summed E-state index contributed by atoms with van der Waals surface area (Å²) in [6.07, 6.45) is 4.73. The van der Waals surface area contributed by atoms with Crippen LogP contribution in [0.4, 0.5) is 0 Å². The summed E-state index contributed by atoms with van der Waals surface area (Å²) in [7, 11) is 0. The van der Waals surface area contributed by atoms with Gasteiger partial charge in [-0.2, -0.15) is 0 Å². The number of hydrazine groups is 1. The van der Waals surface area contributed by atoms with E-state index in [0.717, 1.165) is 12.8 Å². The Balaban J connectivity index is 1.34. The molecule has 1 saturated heterocycles. The van der Waals surface area contributed by atoms with Crippen molar-refractivity contribution in [2.75, 3.05) is 18.1 Å². The van der Waals surface area contributed by atoms with Crippen molar-refractivity contribution in [1.82, 2.24) is 16.2 Å². The number of benzene rings is 1. The van der Waals surface area contributed by atoms with E-state index in [1.54, 1.807) is 0 Å². The van der Waals surface area contributed by atoms with Gasteiger partial charge in [-0.15, -0.1) is 23.5 Å². The van der Waals surface area contributed by atoms with Crippen molar-refractivity contribution in [3.63, 3.8) is 0 Å². The monoisotopic (exact) mass is 397 g/mol. The quantitative estimate of drug-likeness (QED) is 0.521. The molecule has 25 heavy (non-hydrogen) atoms. The van der Waals surface area contributed by atoms with Crippen molar-refractivity contribution >= 4 is 46.8 Å². The van der Waals surface area contributed by atoms with E-state index < -0.39 is 0 Å². The van der Waals surface area contributed by atoms with Crippen LogP contribution in [0.1, 0.15) is 35.8 Å². The molecule has 1 aliphatic heterocycles. The molecule has 2 fully saturated rings. The third-order valence-corrected chi connectivity index (χ3v) is 7.47. The lowest BCUT2D eigenvalue weighted by Gasteiger charge is -2.16. The number of carbonyl (C=O) groups is 1. The summed E-state index contributed by atoms with van der Waals surface area (Å²) >= 11 is 9.11. The summed E-state index contributed by atoms with van der Waals surface area (Å²) < 4.78 is 6.04. The Labute approximate surface area is 162 Å². The third-order valence-electron chi connectivity index (χ3n) is 4.15. The van der Waals surface area contributed by atoms with Crippen molar-refractivity contribution in [3.8, 4) is 5.75 Å². The summed E-state index contributed by atoms with van der Waals surface area (Å²) in [6.45, 7) is -0.0503. The number of amides is 1. The highest BCUT2D eigenvalue weighted by atomic mass is 32.2. The van der Waals surface area contributed by atoms with E-state index in [2.05, 4.69) is 28.3 Å². The van der Waals surface area contributed by atoms with Crippen LogP contribution in [0.25, 0.3) is 0 Å². The molecule has 3 rings (SSSR count). The molecule has 1 aliphatic carbocycles. The Morgan fingerprint density at radius 1 is 1.12 bits per heavy atom. The number of hydrogen-bond donors (Lipinski definition) is 3. The molecular formula is C17H23N3O2S3. The van der Waals surface area contributed by atoms with E-state index in [0.29, 0.717) is 21.5 Å². The maximum Gasteiger partial charge on any atom is 0.276 e. The highest BCUT2D eigenvalue weighted by Gasteiger charge is 2.18. The Morgan fingerprint density at radius 3 is 2.48 bits per heavy atom. The normalized spacial score (nSPS) is 18.1. The molecule has 3 N–H and O–H groups in total. The Morgan fingerprint density at radius 2 is 1.80 bits per heavy atom. The zero-order valence-electron chi connectivity index (χ0n) is 14.0. The van der Waals surface area contributed by atoms with Crippen LogP contribution in [0.2, 0.25) is 0 Å². The average Bonchev–Trinajstić information content (AvgIpc) is 3.32. The van der Waals surface area contributed by atoms with Crippen LogP contribution in [-0.2, 0) is 4.79 Å². The van der Waals surface area contributed by atoms with Crippen molar-refractivity contribution < 1.29 is 9.53 Å². The van der Waals surface area contributed by atoms with Crippen LogP contribution in [0.5, 0.6) is 5.75 Å². The van der Waals surface area contributed by atoms with Gasteiger partial charge in [0.1, 0.15) is 5.75 Å². The average molecular weight is 398 g/mol. The Hall–Kier alpha value is -1.12. The zero-order valence-corrected chi connectivity index (χ0v) is 16.4. The minimum absolute atomic E-state index is 0.0503. The van der Waals surface area contributed by atoms with Gasteiger partial charge in [-0.3, -0.25) is 15.6 Å². The van der Waals surface area contributed by atoms with E-state index in [-0.39, 0.29) is 12.5 Å². The van der Waals surface area contributed by atoms with Crippen LogP contribution < -0.4 is 20.9 Å². The van der Waals surface area contributed by atoms with Crippen LogP contribution in [-0.4, -0.2) is 35.2 Å². The second-order valence-electron chi connectivity index (χ2n) is 6.06.